The maximum atomic E-state index is 2.16. The SMILES string of the molecule is Cc1ccc(C=Cc2ccc(C=Cc3ccc(C=Cc4ccc(C)cc4)cc3)cc2)cc1. The highest BCUT2D eigenvalue weighted by Crippen LogP contribution is 2.15. The summed E-state index contributed by atoms with van der Waals surface area (Å²) < 4.78 is 0. The molecule has 4 aromatic carbocycles. The Bertz CT molecular complexity index is 1110. The van der Waals surface area contributed by atoms with Gasteiger partial charge in [0.25, 0.3) is 0 Å². The van der Waals surface area contributed by atoms with Crippen LogP contribution in [0.1, 0.15) is 44.5 Å². The van der Waals surface area contributed by atoms with Crippen LogP contribution in [0.15, 0.2) is 97.1 Å². The fourth-order valence-corrected chi connectivity index (χ4v) is 3.37. The second-order valence-electron chi connectivity index (χ2n) is 8.15. The quantitative estimate of drug-likeness (QED) is 0.278. The summed E-state index contributed by atoms with van der Waals surface area (Å²) in [5.41, 5.74) is 9.80. The number of hydrogen-bond donors (Lipinski definition) is 0. The monoisotopic (exact) mass is 412 g/mol. The first kappa shape index (κ1) is 21.3. The van der Waals surface area contributed by atoms with Crippen molar-refractivity contribution in [1.29, 1.82) is 0 Å². The van der Waals surface area contributed by atoms with Gasteiger partial charge in [0.2, 0.25) is 0 Å². The van der Waals surface area contributed by atoms with E-state index >= 15 is 0 Å². The van der Waals surface area contributed by atoms with Crippen molar-refractivity contribution >= 4 is 36.5 Å². The number of rotatable bonds is 6. The van der Waals surface area contributed by atoms with Crippen molar-refractivity contribution in [3.8, 4) is 0 Å². The lowest BCUT2D eigenvalue weighted by Crippen LogP contribution is -1.78. The van der Waals surface area contributed by atoms with Crippen LogP contribution in [0, 0.1) is 13.8 Å². The van der Waals surface area contributed by atoms with E-state index in [1.807, 2.05) is 0 Å². The first-order valence-corrected chi connectivity index (χ1v) is 11.0. The van der Waals surface area contributed by atoms with Gasteiger partial charge in [0.1, 0.15) is 0 Å². The Kier molecular flexibility index (Phi) is 6.94. The summed E-state index contributed by atoms with van der Waals surface area (Å²) >= 11 is 0. The summed E-state index contributed by atoms with van der Waals surface area (Å²) in [5, 5.41) is 0. The molecule has 0 N–H and O–H groups in total. The number of benzene rings is 4. The van der Waals surface area contributed by atoms with Crippen LogP contribution < -0.4 is 0 Å². The molecule has 0 atom stereocenters. The van der Waals surface area contributed by atoms with Gasteiger partial charge < -0.3 is 0 Å². The molecule has 0 heteroatoms. The molecule has 0 fully saturated rings. The molecule has 0 aliphatic carbocycles. The van der Waals surface area contributed by atoms with E-state index in [1.54, 1.807) is 0 Å². The molecular formula is C32H28. The number of hydrogen-bond acceptors (Lipinski definition) is 0. The third kappa shape index (κ3) is 6.30. The second-order valence-corrected chi connectivity index (χ2v) is 8.15. The van der Waals surface area contributed by atoms with Crippen LogP contribution in [0.25, 0.3) is 36.5 Å². The van der Waals surface area contributed by atoms with Crippen LogP contribution >= 0.6 is 0 Å². The van der Waals surface area contributed by atoms with Gasteiger partial charge in [0.05, 0.1) is 0 Å². The minimum absolute atomic E-state index is 1.20. The molecule has 156 valence electrons. The highest BCUT2D eigenvalue weighted by Gasteiger charge is 1.93. The highest BCUT2D eigenvalue weighted by molar-refractivity contribution is 5.74. The van der Waals surface area contributed by atoms with Gasteiger partial charge in [0.15, 0.2) is 0 Å². The normalized spacial score (nSPS) is 11.7. The average Bonchev–Trinajstić information content (AvgIpc) is 2.83. The molecule has 4 rings (SSSR count). The van der Waals surface area contributed by atoms with Gasteiger partial charge in [-0.3, -0.25) is 0 Å². The highest BCUT2D eigenvalue weighted by atomic mass is 14.0. The molecule has 0 aliphatic heterocycles. The van der Waals surface area contributed by atoms with Gasteiger partial charge in [-0.15, -0.1) is 0 Å². The van der Waals surface area contributed by atoms with E-state index in [-0.39, 0.29) is 0 Å². The Hall–Kier alpha value is -3.90. The zero-order chi connectivity index (χ0) is 22.2. The van der Waals surface area contributed by atoms with Crippen LogP contribution in [0.5, 0.6) is 0 Å². The van der Waals surface area contributed by atoms with Crippen molar-refractivity contribution < 1.29 is 0 Å². The van der Waals surface area contributed by atoms with E-state index in [4.69, 9.17) is 0 Å². The Labute approximate surface area is 191 Å². The first-order valence-electron chi connectivity index (χ1n) is 11.0. The van der Waals surface area contributed by atoms with Crippen molar-refractivity contribution in [3.05, 3.63) is 142 Å². The van der Waals surface area contributed by atoms with E-state index in [9.17, 15) is 0 Å². The predicted molar refractivity (Wildman–Crippen MR) is 142 cm³/mol. The van der Waals surface area contributed by atoms with Crippen molar-refractivity contribution in [1.82, 2.24) is 0 Å². The summed E-state index contributed by atoms with van der Waals surface area (Å²) in [6.07, 6.45) is 12.9. The summed E-state index contributed by atoms with van der Waals surface area (Å²) in [5.74, 6) is 0. The molecule has 0 heterocycles. The standard InChI is InChI=1S/C32H28/c1-25-3-7-27(8-4-25)11-13-29-15-19-31(20-16-29)23-24-32-21-17-30(18-22-32)14-12-28-9-5-26(2)6-10-28/h3-24H,1-2H3. The molecule has 0 amide bonds. The molecule has 0 saturated carbocycles. The zero-order valence-corrected chi connectivity index (χ0v) is 18.7. The molecule has 0 spiro atoms. The summed E-state index contributed by atoms with van der Waals surface area (Å²) in [6, 6.07) is 34.4. The van der Waals surface area contributed by atoms with Gasteiger partial charge in [-0.2, -0.15) is 0 Å². The minimum atomic E-state index is 1.20. The van der Waals surface area contributed by atoms with E-state index in [0.717, 1.165) is 0 Å². The molecule has 0 nitrogen and oxygen atoms in total. The lowest BCUT2D eigenvalue weighted by Gasteiger charge is -1.99. The maximum absolute atomic E-state index is 2.16. The molecule has 0 radical (unpaired) electrons. The fourth-order valence-electron chi connectivity index (χ4n) is 3.37. The number of aryl methyl sites for hydroxylation is 2. The van der Waals surface area contributed by atoms with Crippen LogP contribution in [-0.2, 0) is 0 Å². The Morgan fingerprint density at radius 2 is 0.438 bits per heavy atom. The first-order chi connectivity index (χ1) is 15.6. The van der Waals surface area contributed by atoms with Gasteiger partial charge in [0, 0.05) is 0 Å². The molecule has 4 aromatic rings. The van der Waals surface area contributed by atoms with E-state index in [2.05, 4.69) is 147 Å². The van der Waals surface area contributed by atoms with Gasteiger partial charge >= 0.3 is 0 Å². The average molecular weight is 413 g/mol. The topological polar surface area (TPSA) is 0 Å². The molecule has 0 unspecified atom stereocenters. The van der Waals surface area contributed by atoms with Gasteiger partial charge in [-0.25, -0.2) is 0 Å². The van der Waals surface area contributed by atoms with Crippen molar-refractivity contribution in [3.63, 3.8) is 0 Å². The molecular weight excluding hydrogens is 384 g/mol. The molecule has 0 aliphatic rings. The van der Waals surface area contributed by atoms with E-state index in [0.29, 0.717) is 0 Å². The largest absolute Gasteiger partial charge is 0.0587 e. The Balaban J connectivity index is 1.35. The van der Waals surface area contributed by atoms with Crippen molar-refractivity contribution in [2.45, 2.75) is 13.8 Å². The second kappa shape index (κ2) is 10.4. The minimum Gasteiger partial charge on any atom is -0.0587 e. The van der Waals surface area contributed by atoms with Crippen LogP contribution in [0.4, 0.5) is 0 Å². The smallest absolute Gasteiger partial charge is 0.0256 e. The lowest BCUT2D eigenvalue weighted by molar-refractivity contribution is 1.46. The van der Waals surface area contributed by atoms with E-state index in [1.165, 1.54) is 44.5 Å². The lowest BCUT2D eigenvalue weighted by atomic mass is 10.1. The molecule has 0 aromatic heterocycles. The van der Waals surface area contributed by atoms with Crippen LogP contribution in [-0.4, -0.2) is 0 Å². The maximum Gasteiger partial charge on any atom is -0.0256 e. The summed E-state index contributed by atoms with van der Waals surface area (Å²) in [6.45, 7) is 4.22. The molecule has 0 saturated heterocycles. The van der Waals surface area contributed by atoms with Crippen LogP contribution in [0.2, 0.25) is 0 Å². The summed E-state index contributed by atoms with van der Waals surface area (Å²) in [7, 11) is 0. The van der Waals surface area contributed by atoms with Crippen LogP contribution in [0.3, 0.4) is 0 Å². The fraction of sp³-hybridized carbons (Fsp3) is 0.0625. The van der Waals surface area contributed by atoms with Crippen molar-refractivity contribution in [2.75, 3.05) is 0 Å². The predicted octanol–water partition coefficient (Wildman–Crippen LogP) is 8.81. The Morgan fingerprint density at radius 1 is 0.281 bits per heavy atom. The Morgan fingerprint density at radius 3 is 0.625 bits per heavy atom. The van der Waals surface area contributed by atoms with E-state index < -0.39 is 0 Å². The summed E-state index contributed by atoms with van der Waals surface area (Å²) in [4.78, 5) is 0. The third-order valence-electron chi connectivity index (χ3n) is 5.43. The zero-order valence-electron chi connectivity index (χ0n) is 18.7. The molecule has 0 bridgehead atoms. The van der Waals surface area contributed by atoms with Gasteiger partial charge in [-0.05, 0) is 47.2 Å². The van der Waals surface area contributed by atoms with Gasteiger partial charge in [-0.1, -0.05) is 145 Å². The molecule has 32 heavy (non-hydrogen) atoms. The van der Waals surface area contributed by atoms with Crippen molar-refractivity contribution in [2.24, 2.45) is 0 Å². The third-order valence-corrected chi connectivity index (χ3v) is 5.43.